The highest BCUT2D eigenvalue weighted by Crippen LogP contribution is 2.36. The van der Waals surface area contributed by atoms with Gasteiger partial charge in [-0.3, -0.25) is 4.79 Å². The average Bonchev–Trinajstić information content (AvgIpc) is 2.73. The normalized spacial score (nSPS) is 17.7. The zero-order chi connectivity index (χ0) is 18.8. The third-order valence-electron chi connectivity index (χ3n) is 4.62. The van der Waals surface area contributed by atoms with Crippen molar-refractivity contribution in [2.75, 3.05) is 0 Å². The minimum absolute atomic E-state index is 0.0648. The minimum atomic E-state index is -0.160. The fourth-order valence-electron chi connectivity index (χ4n) is 2.66. The lowest BCUT2D eigenvalue weighted by Crippen LogP contribution is -2.41. The molecule has 1 aromatic carbocycles. The summed E-state index contributed by atoms with van der Waals surface area (Å²) in [5, 5.41) is 0.568. The molecule has 3 rings (SSSR count). The van der Waals surface area contributed by atoms with Gasteiger partial charge in [-0.05, 0) is 52.7 Å². The zero-order valence-electron chi connectivity index (χ0n) is 15.6. The molecule has 1 aromatic heterocycles. The van der Waals surface area contributed by atoms with Crippen molar-refractivity contribution in [2.24, 2.45) is 0 Å². The van der Waals surface area contributed by atoms with Gasteiger partial charge in [0.05, 0.1) is 22.2 Å². The molecule has 0 unspecified atom stereocenters. The van der Waals surface area contributed by atoms with Crippen LogP contribution in [0.4, 0.5) is 0 Å². The quantitative estimate of drug-likeness (QED) is 0.738. The van der Waals surface area contributed by atoms with Gasteiger partial charge in [0.1, 0.15) is 11.3 Å². The van der Waals surface area contributed by atoms with Crippen molar-refractivity contribution in [2.45, 2.75) is 45.7 Å². The van der Waals surface area contributed by atoms with Crippen molar-refractivity contribution >= 4 is 30.2 Å². The highest BCUT2D eigenvalue weighted by atomic mass is 16.7. The van der Waals surface area contributed by atoms with Crippen LogP contribution in [-0.2, 0) is 9.31 Å². The lowest BCUT2D eigenvalue weighted by Gasteiger charge is -2.32. The van der Waals surface area contributed by atoms with Crippen molar-refractivity contribution in [3.8, 4) is 0 Å². The Balaban J connectivity index is 0.000000196. The van der Waals surface area contributed by atoms with Gasteiger partial charge in [-0.2, -0.15) is 0 Å². The van der Waals surface area contributed by atoms with E-state index >= 15 is 0 Å². The van der Waals surface area contributed by atoms with Crippen LogP contribution < -0.4 is 5.43 Å². The first-order valence-corrected chi connectivity index (χ1v) is 8.29. The topological polar surface area (TPSA) is 48.7 Å². The van der Waals surface area contributed by atoms with Crippen LogP contribution in [0.15, 0.2) is 46.6 Å². The summed E-state index contributed by atoms with van der Waals surface area (Å²) < 4.78 is 16.6. The molecule has 1 fully saturated rings. The average molecular weight is 340 g/mol. The van der Waals surface area contributed by atoms with Crippen molar-refractivity contribution in [3.05, 3.63) is 59.0 Å². The van der Waals surface area contributed by atoms with Crippen molar-refractivity contribution in [3.63, 3.8) is 0 Å². The van der Waals surface area contributed by atoms with E-state index in [0.29, 0.717) is 22.3 Å². The molecule has 1 saturated heterocycles. The molecular weight excluding hydrogens is 315 g/mol. The van der Waals surface area contributed by atoms with Gasteiger partial charge in [0.2, 0.25) is 5.43 Å². The molecule has 1 aliphatic heterocycles. The second-order valence-corrected chi connectivity index (χ2v) is 6.94. The van der Waals surface area contributed by atoms with Gasteiger partial charge < -0.3 is 13.7 Å². The molecule has 0 saturated carbocycles. The van der Waals surface area contributed by atoms with Crippen molar-refractivity contribution in [1.82, 2.24) is 0 Å². The first-order chi connectivity index (χ1) is 11.6. The number of hydrogen-bond acceptors (Lipinski definition) is 4. The van der Waals surface area contributed by atoms with E-state index in [1.807, 2.05) is 12.9 Å². The molecule has 0 N–H and O–H groups in total. The van der Waals surface area contributed by atoms with E-state index in [1.54, 1.807) is 18.2 Å². The number of fused-ring (bicyclic) bond motifs is 1. The van der Waals surface area contributed by atoms with Gasteiger partial charge in [0.15, 0.2) is 0 Å². The highest BCUT2D eigenvalue weighted by molar-refractivity contribution is 6.43. The maximum Gasteiger partial charge on any atom is 0.454 e. The van der Waals surface area contributed by atoms with E-state index in [0.717, 1.165) is 0 Å². The Morgan fingerprint density at radius 2 is 1.56 bits per heavy atom. The fraction of sp³-hybridized carbons (Fsp3) is 0.350. The Bertz CT molecular complexity index is 832. The Morgan fingerprint density at radius 1 is 1.00 bits per heavy atom. The maximum absolute atomic E-state index is 12.0. The number of rotatable bonds is 2. The van der Waals surface area contributed by atoms with Crippen LogP contribution >= 0.6 is 0 Å². The van der Waals surface area contributed by atoms with E-state index in [4.69, 9.17) is 13.7 Å². The lowest BCUT2D eigenvalue weighted by atomic mass is 9.90. The standard InChI is InChI=1S/C13H10O2.C7H15BO2/c1-3-9-11(4-2)15-12-8-6-5-7-10(12)13(9)14;1-6(2)7(3,4)10-8(5)9-6/h3-8H,1-2H2;1-5H3. The number of benzene rings is 1. The molecular formula is C20H25BO4. The molecule has 132 valence electrons. The van der Waals surface area contributed by atoms with E-state index in [9.17, 15) is 4.79 Å². The predicted octanol–water partition coefficient (Wildman–Crippen LogP) is 4.79. The van der Waals surface area contributed by atoms with Gasteiger partial charge in [0.25, 0.3) is 0 Å². The summed E-state index contributed by atoms with van der Waals surface area (Å²) in [4.78, 5) is 12.0. The summed E-state index contributed by atoms with van der Waals surface area (Å²) in [5.74, 6) is 0.466. The Labute approximate surface area is 149 Å². The second-order valence-electron chi connectivity index (χ2n) is 6.94. The molecule has 25 heavy (non-hydrogen) atoms. The third-order valence-corrected chi connectivity index (χ3v) is 4.62. The van der Waals surface area contributed by atoms with Crippen LogP contribution in [0, 0.1) is 0 Å². The SMILES string of the molecule is C=Cc1oc2ccccc2c(=O)c1C=C.CB1OC(C)(C)C(C)(C)O1. The maximum atomic E-state index is 12.0. The first-order valence-electron chi connectivity index (χ1n) is 8.29. The van der Waals surface area contributed by atoms with Gasteiger partial charge in [-0.15, -0.1) is 0 Å². The Hall–Kier alpha value is -2.11. The van der Waals surface area contributed by atoms with Crippen LogP contribution in [0.2, 0.25) is 6.82 Å². The summed E-state index contributed by atoms with van der Waals surface area (Å²) in [5.41, 5.74) is 0.646. The zero-order valence-corrected chi connectivity index (χ0v) is 15.6. The van der Waals surface area contributed by atoms with Gasteiger partial charge in [0, 0.05) is 0 Å². The molecule has 1 aliphatic rings. The molecule has 0 spiro atoms. The number of para-hydroxylation sites is 1. The van der Waals surface area contributed by atoms with E-state index in [2.05, 4.69) is 40.9 Å². The van der Waals surface area contributed by atoms with Crippen LogP contribution in [0.25, 0.3) is 23.1 Å². The monoisotopic (exact) mass is 340 g/mol. The summed E-state index contributed by atoms with van der Waals surface area (Å²) in [6.07, 6.45) is 3.01. The van der Waals surface area contributed by atoms with Crippen LogP contribution in [-0.4, -0.2) is 18.3 Å². The molecule has 2 aromatic rings. The number of hydrogen-bond donors (Lipinski definition) is 0. The summed E-state index contributed by atoms with van der Waals surface area (Å²) in [6.45, 7) is 17.3. The van der Waals surface area contributed by atoms with Gasteiger partial charge in [-0.25, -0.2) is 0 Å². The first kappa shape index (κ1) is 19.2. The lowest BCUT2D eigenvalue weighted by molar-refractivity contribution is 0.00578. The molecule has 0 amide bonds. The van der Waals surface area contributed by atoms with E-state index in [1.165, 1.54) is 12.2 Å². The smallest absolute Gasteiger partial charge is 0.454 e. The fourth-order valence-corrected chi connectivity index (χ4v) is 2.66. The summed E-state index contributed by atoms with van der Waals surface area (Å²) in [6, 6.07) is 7.13. The minimum Gasteiger partial charge on any atom is -0.456 e. The molecule has 0 aliphatic carbocycles. The molecule has 0 bridgehead atoms. The summed E-state index contributed by atoms with van der Waals surface area (Å²) >= 11 is 0. The molecule has 0 atom stereocenters. The van der Waals surface area contributed by atoms with Gasteiger partial charge >= 0.3 is 7.12 Å². The molecule has 2 heterocycles. The third kappa shape index (κ3) is 3.78. The van der Waals surface area contributed by atoms with Crippen LogP contribution in [0.3, 0.4) is 0 Å². The second kappa shape index (κ2) is 7.02. The predicted molar refractivity (Wildman–Crippen MR) is 105 cm³/mol. The van der Waals surface area contributed by atoms with E-state index < -0.39 is 0 Å². The largest absolute Gasteiger partial charge is 0.456 e. The molecule has 5 heteroatoms. The Kier molecular flexibility index (Phi) is 5.40. The van der Waals surface area contributed by atoms with E-state index in [-0.39, 0.29) is 23.7 Å². The van der Waals surface area contributed by atoms with Gasteiger partial charge in [-0.1, -0.05) is 31.4 Å². The van der Waals surface area contributed by atoms with Crippen molar-refractivity contribution in [1.29, 1.82) is 0 Å². The van der Waals surface area contributed by atoms with Crippen molar-refractivity contribution < 1.29 is 13.7 Å². The summed E-state index contributed by atoms with van der Waals surface area (Å²) in [7, 11) is -0.0648. The van der Waals surface area contributed by atoms with Crippen LogP contribution in [0.5, 0.6) is 0 Å². The Morgan fingerprint density at radius 3 is 2.00 bits per heavy atom. The molecule has 0 radical (unpaired) electrons. The molecule has 4 nitrogen and oxygen atoms in total. The highest BCUT2D eigenvalue weighted by Gasteiger charge is 2.48. The van der Waals surface area contributed by atoms with Crippen LogP contribution in [0.1, 0.15) is 39.0 Å².